The van der Waals surface area contributed by atoms with Crippen LogP contribution < -0.4 is 10.2 Å². The maximum absolute atomic E-state index is 13.0. The predicted molar refractivity (Wildman–Crippen MR) is 107 cm³/mol. The SMILES string of the molecule is CCN(C(=O)c1ccnc(Nc2cccc(C#N)c2)c1)c1cccc(C)c1. The molecule has 1 N–H and O–H groups in total. The van der Waals surface area contributed by atoms with Gasteiger partial charge in [0, 0.05) is 29.7 Å². The zero-order chi connectivity index (χ0) is 19.2. The molecule has 0 aliphatic heterocycles. The molecule has 2 aromatic carbocycles. The molecule has 0 unspecified atom stereocenters. The van der Waals surface area contributed by atoms with E-state index in [-0.39, 0.29) is 5.91 Å². The molecule has 0 aliphatic rings. The number of benzene rings is 2. The highest BCUT2D eigenvalue weighted by molar-refractivity contribution is 6.06. The Morgan fingerprint density at radius 2 is 1.96 bits per heavy atom. The number of amides is 1. The Morgan fingerprint density at radius 1 is 1.15 bits per heavy atom. The van der Waals surface area contributed by atoms with Crippen molar-refractivity contribution in [2.75, 3.05) is 16.8 Å². The number of anilines is 3. The average Bonchev–Trinajstić information content (AvgIpc) is 2.69. The number of hydrogen-bond donors (Lipinski definition) is 1. The lowest BCUT2D eigenvalue weighted by molar-refractivity contribution is 0.0988. The second-order valence-corrected chi connectivity index (χ2v) is 6.14. The van der Waals surface area contributed by atoms with Crippen molar-refractivity contribution < 1.29 is 4.79 Å². The van der Waals surface area contributed by atoms with Crippen LogP contribution in [0.25, 0.3) is 0 Å². The topological polar surface area (TPSA) is 69.0 Å². The Kier molecular flexibility index (Phi) is 5.48. The Labute approximate surface area is 158 Å². The van der Waals surface area contributed by atoms with Crippen LogP contribution in [0.4, 0.5) is 17.2 Å². The van der Waals surface area contributed by atoms with Crippen molar-refractivity contribution in [2.45, 2.75) is 13.8 Å². The van der Waals surface area contributed by atoms with Crippen molar-refractivity contribution in [3.05, 3.63) is 83.6 Å². The van der Waals surface area contributed by atoms with E-state index in [1.165, 1.54) is 0 Å². The van der Waals surface area contributed by atoms with Gasteiger partial charge in [-0.05, 0) is 61.9 Å². The fourth-order valence-electron chi connectivity index (χ4n) is 2.84. The lowest BCUT2D eigenvalue weighted by Gasteiger charge is -2.21. The van der Waals surface area contributed by atoms with E-state index in [2.05, 4.69) is 16.4 Å². The van der Waals surface area contributed by atoms with Gasteiger partial charge < -0.3 is 10.2 Å². The van der Waals surface area contributed by atoms with Gasteiger partial charge in [0.15, 0.2) is 0 Å². The summed E-state index contributed by atoms with van der Waals surface area (Å²) in [6.45, 7) is 4.52. The maximum atomic E-state index is 13.0. The molecule has 0 bridgehead atoms. The number of carbonyl (C=O) groups excluding carboxylic acids is 1. The van der Waals surface area contributed by atoms with Crippen molar-refractivity contribution in [3.8, 4) is 6.07 Å². The van der Waals surface area contributed by atoms with E-state index in [1.54, 1.807) is 41.4 Å². The summed E-state index contributed by atoms with van der Waals surface area (Å²) in [6.07, 6.45) is 1.60. The summed E-state index contributed by atoms with van der Waals surface area (Å²) in [7, 11) is 0. The van der Waals surface area contributed by atoms with E-state index >= 15 is 0 Å². The van der Waals surface area contributed by atoms with Gasteiger partial charge in [0.25, 0.3) is 5.91 Å². The zero-order valence-electron chi connectivity index (χ0n) is 15.3. The van der Waals surface area contributed by atoms with E-state index < -0.39 is 0 Å². The highest BCUT2D eigenvalue weighted by atomic mass is 16.2. The molecular weight excluding hydrogens is 336 g/mol. The maximum Gasteiger partial charge on any atom is 0.258 e. The molecule has 0 radical (unpaired) electrons. The number of nitrogens with one attached hydrogen (secondary N) is 1. The number of carbonyl (C=O) groups is 1. The Hall–Kier alpha value is -3.65. The normalized spacial score (nSPS) is 10.1. The average molecular weight is 356 g/mol. The van der Waals surface area contributed by atoms with E-state index in [4.69, 9.17) is 5.26 Å². The third kappa shape index (κ3) is 4.31. The summed E-state index contributed by atoms with van der Waals surface area (Å²) < 4.78 is 0. The van der Waals surface area contributed by atoms with Crippen molar-refractivity contribution in [2.24, 2.45) is 0 Å². The fourth-order valence-corrected chi connectivity index (χ4v) is 2.84. The third-order valence-corrected chi connectivity index (χ3v) is 4.15. The fraction of sp³-hybridized carbons (Fsp3) is 0.136. The lowest BCUT2D eigenvalue weighted by Crippen LogP contribution is -2.30. The van der Waals surface area contributed by atoms with E-state index in [9.17, 15) is 4.79 Å². The minimum Gasteiger partial charge on any atom is -0.340 e. The van der Waals surface area contributed by atoms with Crippen LogP contribution in [-0.2, 0) is 0 Å². The van der Waals surface area contributed by atoms with Crippen LogP contribution in [0.3, 0.4) is 0 Å². The van der Waals surface area contributed by atoms with Crippen LogP contribution in [-0.4, -0.2) is 17.4 Å². The van der Waals surface area contributed by atoms with Crippen LogP contribution in [0.2, 0.25) is 0 Å². The van der Waals surface area contributed by atoms with E-state index in [0.29, 0.717) is 23.5 Å². The highest BCUT2D eigenvalue weighted by Gasteiger charge is 2.17. The predicted octanol–water partition coefficient (Wildman–Crippen LogP) is 4.67. The zero-order valence-corrected chi connectivity index (χ0v) is 15.3. The third-order valence-electron chi connectivity index (χ3n) is 4.15. The summed E-state index contributed by atoms with van der Waals surface area (Å²) in [5.74, 6) is 0.468. The van der Waals surface area contributed by atoms with Crippen LogP contribution in [0.5, 0.6) is 0 Å². The van der Waals surface area contributed by atoms with Gasteiger partial charge in [0.2, 0.25) is 0 Å². The molecule has 0 fully saturated rings. The summed E-state index contributed by atoms with van der Waals surface area (Å²) >= 11 is 0. The number of aryl methyl sites for hydroxylation is 1. The van der Waals surface area contributed by atoms with Crippen molar-refractivity contribution in [1.29, 1.82) is 5.26 Å². The second-order valence-electron chi connectivity index (χ2n) is 6.14. The molecule has 3 rings (SSSR count). The second kappa shape index (κ2) is 8.15. The smallest absolute Gasteiger partial charge is 0.258 e. The number of hydrogen-bond acceptors (Lipinski definition) is 4. The molecule has 0 saturated heterocycles. The monoisotopic (exact) mass is 356 g/mol. The largest absolute Gasteiger partial charge is 0.340 e. The summed E-state index contributed by atoms with van der Waals surface area (Å²) in [5, 5.41) is 12.2. The van der Waals surface area contributed by atoms with Crippen LogP contribution in [0.1, 0.15) is 28.4 Å². The molecule has 1 heterocycles. The summed E-state index contributed by atoms with van der Waals surface area (Å²) in [4.78, 5) is 19.0. The van der Waals surface area contributed by atoms with Gasteiger partial charge in [-0.2, -0.15) is 5.26 Å². The number of nitriles is 1. The van der Waals surface area contributed by atoms with Crippen LogP contribution in [0.15, 0.2) is 66.9 Å². The number of aromatic nitrogens is 1. The molecular formula is C22H20N4O. The highest BCUT2D eigenvalue weighted by Crippen LogP contribution is 2.21. The molecule has 134 valence electrons. The quantitative estimate of drug-likeness (QED) is 0.721. The first-order valence-electron chi connectivity index (χ1n) is 8.72. The van der Waals surface area contributed by atoms with Gasteiger partial charge in [-0.1, -0.05) is 18.2 Å². The van der Waals surface area contributed by atoms with Crippen molar-refractivity contribution >= 4 is 23.1 Å². The molecule has 0 spiro atoms. The number of rotatable bonds is 5. The molecule has 0 atom stereocenters. The lowest BCUT2D eigenvalue weighted by atomic mass is 10.1. The van der Waals surface area contributed by atoms with Gasteiger partial charge in [-0.3, -0.25) is 4.79 Å². The first-order chi connectivity index (χ1) is 13.1. The van der Waals surface area contributed by atoms with Gasteiger partial charge in [-0.15, -0.1) is 0 Å². The summed E-state index contributed by atoms with van der Waals surface area (Å²) in [5.41, 5.74) is 3.83. The van der Waals surface area contributed by atoms with Gasteiger partial charge in [-0.25, -0.2) is 4.98 Å². The Balaban J connectivity index is 1.85. The first kappa shape index (κ1) is 18.2. The van der Waals surface area contributed by atoms with Gasteiger partial charge in [0.05, 0.1) is 11.6 Å². The number of nitrogens with zero attached hydrogens (tertiary/aromatic N) is 3. The molecule has 1 aromatic heterocycles. The van der Waals surface area contributed by atoms with E-state index in [0.717, 1.165) is 16.9 Å². The number of pyridine rings is 1. The Bertz CT molecular complexity index is 1010. The minimum atomic E-state index is -0.0840. The molecule has 0 saturated carbocycles. The Morgan fingerprint density at radius 3 is 2.70 bits per heavy atom. The molecule has 3 aromatic rings. The standard InChI is InChI=1S/C22H20N4O/c1-3-26(20-9-4-6-16(2)12-20)22(27)18-10-11-24-21(14-18)25-19-8-5-7-17(13-19)15-23/h4-14H,3H2,1-2H3,(H,24,25). The van der Waals surface area contributed by atoms with Crippen molar-refractivity contribution in [3.63, 3.8) is 0 Å². The molecule has 5 nitrogen and oxygen atoms in total. The molecule has 27 heavy (non-hydrogen) atoms. The molecule has 5 heteroatoms. The molecule has 0 aliphatic carbocycles. The van der Waals surface area contributed by atoms with Crippen LogP contribution >= 0.6 is 0 Å². The molecule has 1 amide bonds. The summed E-state index contributed by atoms with van der Waals surface area (Å²) in [6, 6.07) is 20.5. The minimum absolute atomic E-state index is 0.0840. The van der Waals surface area contributed by atoms with Gasteiger partial charge >= 0.3 is 0 Å². The van der Waals surface area contributed by atoms with Crippen molar-refractivity contribution in [1.82, 2.24) is 4.98 Å². The van der Waals surface area contributed by atoms with Crippen LogP contribution in [0, 0.1) is 18.3 Å². The first-order valence-corrected chi connectivity index (χ1v) is 8.72. The van der Waals surface area contributed by atoms with E-state index in [1.807, 2.05) is 44.2 Å². The van der Waals surface area contributed by atoms with Gasteiger partial charge in [0.1, 0.15) is 5.82 Å².